The second-order valence-corrected chi connectivity index (χ2v) is 4.89. The van der Waals surface area contributed by atoms with E-state index in [4.69, 9.17) is 17.3 Å². The normalized spacial score (nSPS) is 14.8. The molecule has 0 bridgehead atoms. The van der Waals surface area contributed by atoms with E-state index >= 15 is 0 Å². The van der Waals surface area contributed by atoms with Crippen LogP contribution in [0.25, 0.3) is 0 Å². The first-order valence-corrected chi connectivity index (χ1v) is 6.84. The van der Waals surface area contributed by atoms with Crippen LogP contribution in [-0.2, 0) is 0 Å². The van der Waals surface area contributed by atoms with Crippen LogP contribution < -0.4 is 5.73 Å². The van der Waals surface area contributed by atoms with Gasteiger partial charge in [0.25, 0.3) is 0 Å². The van der Waals surface area contributed by atoms with E-state index in [1.165, 1.54) is 0 Å². The second kappa shape index (κ2) is 7.07. The van der Waals surface area contributed by atoms with E-state index in [0.29, 0.717) is 18.2 Å². The van der Waals surface area contributed by atoms with Crippen LogP contribution in [0, 0.1) is 5.82 Å². The Hall–Kier alpha value is -0.640. The van der Waals surface area contributed by atoms with Gasteiger partial charge >= 0.3 is 0 Å². The first-order valence-electron chi connectivity index (χ1n) is 6.46. The summed E-state index contributed by atoms with van der Waals surface area (Å²) in [5.41, 5.74) is 6.43. The molecule has 102 valence electrons. The van der Waals surface area contributed by atoms with Crippen molar-refractivity contribution in [3.63, 3.8) is 0 Å². The Morgan fingerprint density at radius 3 is 2.56 bits per heavy atom. The maximum Gasteiger partial charge on any atom is 0.146 e. The molecule has 0 saturated carbocycles. The van der Waals surface area contributed by atoms with Crippen LogP contribution in [-0.4, -0.2) is 24.0 Å². The van der Waals surface area contributed by atoms with Crippen LogP contribution in [0.5, 0.6) is 0 Å². The van der Waals surface area contributed by atoms with Crippen molar-refractivity contribution in [1.82, 2.24) is 4.90 Å². The summed E-state index contributed by atoms with van der Waals surface area (Å²) in [7, 11) is 0. The van der Waals surface area contributed by atoms with Gasteiger partial charge in [0, 0.05) is 18.2 Å². The summed E-state index contributed by atoms with van der Waals surface area (Å²) in [6.07, 6.45) is 1.01. The van der Waals surface area contributed by atoms with Crippen molar-refractivity contribution >= 4 is 11.6 Å². The van der Waals surface area contributed by atoms with Crippen LogP contribution in [0.2, 0.25) is 5.02 Å². The number of hydrogen-bond acceptors (Lipinski definition) is 2. The van der Waals surface area contributed by atoms with Gasteiger partial charge in [-0.05, 0) is 26.0 Å². The predicted molar refractivity (Wildman–Crippen MR) is 75.3 cm³/mol. The maximum absolute atomic E-state index is 14.1. The van der Waals surface area contributed by atoms with E-state index in [-0.39, 0.29) is 16.9 Å². The van der Waals surface area contributed by atoms with Gasteiger partial charge in [-0.15, -0.1) is 0 Å². The van der Waals surface area contributed by atoms with E-state index < -0.39 is 0 Å². The number of nitrogens with zero attached hydrogens (tertiary/aromatic N) is 1. The highest BCUT2D eigenvalue weighted by Crippen LogP contribution is 2.28. The number of nitrogens with two attached hydrogens (primary N) is 1. The molecule has 0 aromatic heterocycles. The summed E-state index contributed by atoms with van der Waals surface area (Å²) in [6.45, 7) is 7.54. The summed E-state index contributed by atoms with van der Waals surface area (Å²) in [6, 6.07) is 5.34. The number of halogens is 2. The molecule has 0 aliphatic heterocycles. The molecule has 18 heavy (non-hydrogen) atoms. The Balaban J connectivity index is 3.11. The average molecular weight is 273 g/mol. The second-order valence-electron chi connectivity index (χ2n) is 4.48. The smallest absolute Gasteiger partial charge is 0.146 e. The van der Waals surface area contributed by atoms with Crippen LogP contribution in [0.1, 0.15) is 38.8 Å². The molecule has 2 unspecified atom stereocenters. The molecule has 0 aliphatic carbocycles. The summed E-state index contributed by atoms with van der Waals surface area (Å²) >= 11 is 5.84. The highest BCUT2D eigenvalue weighted by atomic mass is 35.5. The van der Waals surface area contributed by atoms with Gasteiger partial charge in [0.1, 0.15) is 5.82 Å². The molecule has 1 aromatic carbocycles. The number of rotatable bonds is 6. The molecule has 0 heterocycles. The zero-order valence-electron chi connectivity index (χ0n) is 11.3. The van der Waals surface area contributed by atoms with Crippen LogP contribution in [0.3, 0.4) is 0 Å². The Labute approximate surface area is 114 Å². The van der Waals surface area contributed by atoms with Gasteiger partial charge in [-0.3, -0.25) is 4.90 Å². The highest BCUT2D eigenvalue weighted by molar-refractivity contribution is 6.30. The van der Waals surface area contributed by atoms with Crippen LogP contribution >= 0.6 is 11.6 Å². The van der Waals surface area contributed by atoms with Gasteiger partial charge in [-0.1, -0.05) is 37.6 Å². The average Bonchev–Trinajstić information content (AvgIpc) is 2.39. The summed E-state index contributed by atoms with van der Waals surface area (Å²) in [4.78, 5) is 2.22. The zero-order valence-corrected chi connectivity index (χ0v) is 12.0. The fourth-order valence-electron chi connectivity index (χ4n) is 2.29. The van der Waals surface area contributed by atoms with Crippen molar-refractivity contribution in [2.24, 2.45) is 5.73 Å². The fourth-order valence-corrected chi connectivity index (χ4v) is 2.47. The predicted octanol–water partition coefficient (Wildman–Crippen LogP) is 3.60. The van der Waals surface area contributed by atoms with Gasteiger partial charge in [0.05, 0.1) is 11.1 Å². The van der Waals surface area contributed by atoms with Gasteiger partial charge < -0.3 is 5.73 Å². The Morgan fingerprint density at radius 1 is 1.39 bits per heavy atom. The lowest BCUT2D eigenvalue weighted by Crippen LogP contribution is -2.40. The summed E-state index contributed by atoms with van der Waals surface area (Å²) < 4.78 is 14.1. The summed E-state index contributed by atoms with van der Waals surface area (Å²) in [5, 5.41) is 0.158. The minimum Gasteiger partial charge on any atom is -0.329 e. The van der Waals surface area contributed by atoms with E-state index in [1.54, 1.807) is 18.2 Å². The molecular formula is C14H22ClFN2. The molecule has 2 N–H and O–H groups in total. The number of benzene rings is 1. The third-order valence-corrected chi connectivity index (χ3v) is 3.78. The minimum absolute atomic E-state index is 0.122. The SMILES string of the molecule is CCC(C)N(CC)C(CN)c1cccc(Cl)c1F. The Morgan fingerprint density at radius 2 is 2.06 bits per heavy atom. The number of hydrogen-bond donors (Lipinski definition) is 1. The molecule has 1 rings (SSSR count). The van der Waals surface area contributed by atoms with E-state index in [1.807, 2.05) is 0 Å². The topological polar surface area (TPSA) is 29.3 Å². The molecular weight excluding hydrogens is 251 g/mol. The standard InChI is InChI=1S/C14H22ClFN2/c1-4-10(3)18(5-2)13(9-17)11-7-6-8-12(15)14(11)16/h6-8,10,13H,4-5,9,17H2,1-3H3. The monoisotopic (exact) mass is 272 g/mol. The van der Waals surface area contributed by atoms with Crippen molar-refractivity contribution in [2.45, 2.75) is 39.3 Å². The number of likely N-dealkylation sites (N-methyl/N-ethyl adjacent to an activating group) is 1. The van der Waals surface area contributed by atoms with Crippen molar-refractivity contribution in [3.8, 4) is 0 Å². The van der Waals surface area contributed by atoms with Gasteiger partial charge in [-0.2, -0.15) is 0 Å². The van der Waals surface area contributed by atoms with Crippen molar-refractivity contribution in [3.05, 3.63) is 34.6 Å². The maximum atomic E-state index is 14.1. The lowest BCUT2D eigenvalue weighted by Gasteiger charge is -2.35. The van der Waals surface area contributed by atoms with Gasteiger partial charge in [0.2, 0.25) is 0 Å². The lowest BCUT2D eigenvalue weighted by atomic mass is 10.0. The highest BCUT2D eigenvalue weighted by Gasteiger charge is 2.24. The third kappa shape index (κ3) is 3.22. The minimum atomic E-state index is -0.351. The van der Waals surface area contributed by atoms with Crippen LogP contribution in [0.15, 0.2) is 18.2 Å². The molecule has 1 aromatic rings. The largest absolute Gasteiger partial charge is 0.329 e. The van der Waals surface area contributed by atoms with Crippen LogP contribution in [0.4, 0.5) is 4.39 Å². The molecule has 0 fully saturated rings. The van der Waals surface area contributed by atoms with E-state index in [9.17, 15) is 4.39 Å². The van der Waals surface area contributed by atoms with E-state index in [0.717, 1.165) is 13.0 Å². The molecule has 0 spiro atoms. The molecule has 0 amide bonds. The molecule has 0 saturated heterocycles. The molecule has 0 aliphatic rings. The summed E-state index contributed by atoms with van der Waals surface area (Å²) in [5.74, 6) is -0.351. The lowest BCUT2D eigenvalue weighted by molar-refractivity contribution is 0.149. The molecule has 2 nitrogen and oxygen atoms in total. The molecule has 0 radical (unpaired) electrons. The van der Waals surface area contributed by atoms with Gasteiger partial charge in [0.15, 0.2) is 0 Å². The first-order chi connectivity index (χ1) is 8.56. The third-order valence-electron chi connectivity index (χ3n) is 3.49. The molecule has 4 heteroatoms. The van der Waals surface area contributed by atoms with Crippen molar-refractivity contribution in [1.29, 1.82) is 0 Å². The fraction of sp³-hybridized carbons (Fsp3) is 0.571. The van der Waals surface area contributed by atoms with Gasteiger partial charge in [-0.25, -0.2) is 4.39 Å². The molecule has 2 atom stereocenters. The first kappa shape index (κ1) is 15.4. The quantitative estimate of drug-likeness (QED) is 0.857. The Bertz CT molecular complexity index is 384. The zero-order chi connectivity index (χ0) is 13.7. The Kier molecular flexibility index (Phi) is 6.06. The van der Waals surface area contributed by atoms with E-state index in [2.05, 4.69) is 25.7 Å². The van der Waals surface area contributed by atoms with Crippen molar-refractivity contribution < 1.29 is 4.39 Å². The van der Waals surface area contributed by atoms with Crippen molar-refractivity contribution in [2.75, 3.05) is 13.1 Å².